The molecule has 0 spiro atoms. The van der Waals surface area contributed by atoms with Crippen molar-refractivity contribution in [3.05, 3.63) is 39.4 Å². The van der Waals surface area contributed by atoms with E-state index in [4.69, 9.17) is 36.3 Å². The average Bonchev–Trinajstić information content (AvgIpc) is 3.36. The number of nitrogens with zero attached hydrogens (tertiary/aromatic N) is 5. The molecule has 4 atom stereocenters. The molecule has 35 heavy (non-hydrogen) atoms. The normalized spacial score (nSPS) is 21.9. The maximum absolute atomic E-state index is 11.5. The average molecular weight is 498 g/mol. The third-order valence-electron chi connectivity index (χ3n) is 4.99. The van der Waals surface area contributed by atoms with Gasteiger partial charge in [-0.1, -0.05) is 0 Å². The minimum atomic E-state index is -1.31. The van der Waals surface area contributed by atoms with Crippen molar-refractivity contribution in [2.45, 2.75) is 37.4 Å². The molecule has 3 aromatic rings. The lowest BCUT2D eigenvalue weighted by atomic mass is 10.1. The number of ether oxygens (including phenoxy) is 2. The summed E-state index contributed by atoms with van der Waals surface area (Å²) in [4.78, 5) is 36.6. The molecule has 1 saturated heterocycles. The number of imidazole rings is 1. The smallest absolute Gasteiger partial charge is 0.351 e. The molecule has 0 aromatic carbocycles. The maximum atomic E-state index is 11.5. The Morgan fingerprint density at radius 2 is 1.86 bits per heavy atom. The van der Waals surface area contributed by atoms with Crippen molar-refractivity contribution < 1.29 is 35.0 Å². The zero-order valence-corrected chi connectivity index (χ0v) is 18.2. The van der Waals surface area contributed by atoms with Gasteiger partial charge in [0.05, 0.1) is 26.1 Å². The van der Waals surface area contributed by atoms with Crippen LogP contribution >= 0.6 is 0 Å². The van der Waals surface area contributed by atoms with Gasteiger partial charge in [0.25, 0.3) is 5.56 Å². The number of aromatic amines is 1. The van der Waals surface area contributed by atoms with Crippen molar-refractivity contribution in [1.29, 1.82) is 0 Å². The Morgan fingerprint density at radius 3 is 2.46 bits per heavy atom. The third kappa shape index (κ3) is 5.80. The van der Waals surface area contributed by atoms with Crippen LogP contribution in [0.15, 0.2) is 28.2 Å². The topological polar surface area (TPSA) is 270 Å². The fourth-order valence-electron chi connectivity index (χ4n) is 3.14. The zero-order chi connectivity index (χ0) is 25.7. The second kappa shape index (κ2) is 11.3. The number of aromatic nitrogens is 6. The molecule has 1 aliphatic heterocycles. The second-order valence-corrected chi connectivity index (χ2v) is 7.39. The summed E-state index contributed by atoms with van der Waals surface area (Å²) in [6.45, 7) is -1.07. The van der Waals surface area contributed by atoms with Crippen molar-refractivity contribution >= 4 is 22.9 Å². The molecule has 192 valence electrons. The summed E-state index contributed by atoms with van der Waals surface area (Å²) < 4.78 is 12.8. The second-order valence-electron chi connectivity index (χ2n) is 7.39. The Balaban J connectivity index is 0.000000196. The number of H-pyrrole nitrogens is 1. The van der Waals surface area contributed by atoms with Gasteiger partial charge in [-0.2, -0.15) is 9.97 Å². The van der Waals surface area contributed by atoms with Crippen LogP contribution in [-0.2, 0) is 16.2 Å². The number of aliphatic hydroxyl groups is 5. The van der Waals surface area contributed by atoms with E-state index >= 15 is 0 Å². The molecular weight excluding hydrogens is 472 g/mol. The van der Waals surface area contributed by atoms with E-state index in [1.54, 1.807) is 0 Å². The van der Waals surface area contributed by atoms with Crippen LogP contribution in [0, 0.1) is 0 Å². The summed E-state index contributed by atoms with van der Waals surface area (Å²) in [6.07, 6.45) is -2.59. The van der Waals surface area contributed by atoms with Crippen LogP contribution in [0.5, 0.6) is 0 Å². The van der Waals surface area contributed by atoms with E-state index in [0.29, 0.717) is 0 Å². The highest BCUT2D eigenvalue weighted by atomic mass is 16.6. The van der Waals surface area contributed by atoms with Crippen molar-refractivity contribution in [3.63, 3.8) is 0 Å². The molecule has 0 radical (unpaired) electrons. The van der Waals surface area contributed by atoms with Gasteiger partial charge < -0.3 is 46.5 Å². The van der Waals surface area contributed by atoms with E-state index in [1.807, 2.05) is 0 Å². The van der Waals surface area contributed by atoms with Crippen molar-refractivity contribution in [3.8, 4) is 0 Å². The van der Waals surface area contributed by atoms with Crippen LogP contribution in [0.1, 0.15) is 6.23 Å². The van der Waals surface area contributed by atoms with Gasteiger partial charge in [0.15, 0.2) is 17.4 Å². The summed E-state index contributed by atoms with van der Waals surface area (Å²) in [5.74, 6) is 0.0353. The fraction of sp³-hybridized carbons (Fsp3) is 0.500. The number of nitrogens with one attached hydrogen (secondary N) is 1. The van der Waals surface area contributed by atoms with Crippen LogP contribution in [0.4, 0.5) is 11.8 Å². The molecule has 17 heteroatoms. The SMILES string of the molecule is Nc1ccn([C@@H]2O[C@H](CO)[C@@H](O)[C@@H]2O)c(=O)n1.Nc1nc2c(ncn2COC(CO)CO)c(=O)[nH]1. The van der Waals surface area contributed by atoms with E-state index in [-0.39, 0.29) is 42.9 Å². The first-order valence-electron chi connectivity index (χ1n) is 10.2. The van der Waals surface area contributed by atoms with Crippen LogP contribution in [0.3, 0.4) is 0 Å². The van der Waals surface area contributed by atoms with Crippen LogP contribution in [0.2, 0.25) is 0 Å². The molecule has 0 saturated carbocycles. The molecule has 0 unspecified atom stereocenters. The van der Waals surface area contributed by atoms with Crippen molar-refractivity contribution in [2.75, 3.05) is 31.3 Å². The predicted molar refractivity (Wildman–Crippen MR) is 118 cm³/mol. The number of nitrogen functional groups attached to an aromatic ring is 2. The lowest BCUT2D eigenvalue weighted by Crippen LogP contribution is -2.36. The first-order valence-corrected chi connectivity index (χ1v) is 10.2. The summed E-state index contributed by atoms with van der Waals surface area (Å²) in [5, 5.41) is 45.9. The van der Waals surface area contributed by atoms with Gasteiger partial charge in [-0.15, -0.1) is 0 Å². The van der Waals surface area contributed by atoms with E-state index in [0.717, 1.165) is 4.57 Å². The maximum Gasteiger partial charge on any atom is 0.351 e. The standard InChI is InChI=1S/C9H13N5O4.C9H13N3O5/c10-9-12-7-6(8(17)13-9)11-3-14(7)4-18-5(1-15)2-16;10-5-1-2-12(9(16)11-5)8-7(15)6(14)4(3-13)17-8/h3,5,15-16H,1-2,4H2,(H3,10,12,13,17);1-2,4,6-8,13-15H,3H2,(H2,10,11,16)/t;4-,6-,7+,8-/m.1/s1. The van der Waals surface area contributed by atoms with Crippen molar-refractivity contribution in [2.24, 2.45) is 0 Å². The number of aliphatic hydroxyl groups excluding tert-OH is 5. The highest BCUT2D eigenvalue weighted by Gasteiger charge is 2.43. The lowest BCUT2D eigenvalue weighted by Gasteiger charge is -2.16. The summed E-state index contributed by atoms with van der Waals surface area (Å²) in [7, 11) is 0. The van der Waals surface area contributed by atoms with Crippen LogP contribution in [-0.4, -0.2) is 98.8 Å². The largest absolute Gasteiger partial charge is 0.394 e. The lowest BCUT2D eigenvalue weighted by molar-refractivity contribution is -0.0549. The zero-order valence-electron chi connectivity index (χ0n) is 18.2. The molecule has 4 rings (SSSR count). The van der Waals surface area contributed by atoms with Crippen LogP contribution in [0.25, 0.3) is 11.2 Å². The highest BCUT2D eigenvalue weighted by molar-refractivity contribution is 5.70. The van der Waals surface area contributed by atoms with Gasteiger partial charge in [-0.05, 0) is 6.07 Å². The monoisotopic (exact) mass is 498 g/mol. The Kier molecular flexibility index (Phi) is 8.46. The van der Waals surface area contributed by atoms with Crippen LogP contribution < -0.4 is 22.7 Å². The molecule has 1 aliphatic rings. The third-order valence-corrected chi connectivity index (χ3v) is 4.99. The first kappa shape index (κ1) is 26.2. The van der Waals surface area contributed by atoms with E-state index in [9.17, 15) is 19.8 Å². The molecule has 3 aromatic heterocycles. The molecule has 1 fully saturated rings. The number of anilines is 2. The molecular formula is C18H26N8O9. The fourth-order valence-corrected chi connectivity index (χ4v) is 3.14. The summed E-state index contributed by atoms with van der Waals surface area (Å²) >= 11 is 0. The minimum Gasteiger partial charge on any atom is -0.394 e. The number of hydrogen-bond acceptors (Lipinski definition) is 14. The Hall–Kier alpha value is -3.45. The summed E-state index contributed by atoms with van der Waals surface area (Å²) in [5.41, 5.74) is 10.1. The molecule has 0 bridgehead atoms. The minimum absolute atomic E-state index is 0.00181. The quantitative estimate of drug-likeness (QED) is 0.152. The highest BCUT2D eigenvalue weighted by Crippen LogP contribution is 2.27. The van der Waals surface area contributed by atoms with Gasteiger partial charge in [-0.3, -0.25) is 18.9 Å². The molecule has 17 nitrogen and oxygen atoms in total. The Bertz CT molecular complexity index is 1240. The number of fused-ring (bicyclic) bond motifs is 1. The van der Waals surface area contributed by atoms with E-state index < -0.39 is 48.5 Å². The Morgan fingerprint density at radius 1 is 1.14 bits per heavy atom. The summed E-state index contributed by atoms with van der Waals surface area (Å²) in [6, 6.07) is 1.37. The van der Waals surface area contributed by atoms with Gasteiger partial charge in [0, 0.05) is 6.20 Å². The van der Waals surface area contributed by atoms with Gasteiger partial charge >= 0.3 is 5.69 Å². The molecule has 0 aliphatic carbocycles. The predicted octanol–water partition coefficient (Wildman–Crippen LogP) is -4.53. The van der Waals surface area contributed by atoms with Gasteiger partial charge in [0.1, 0.15) is 37.0 Å². The van der Waals surface area contributed by atoms with E-state index in [2.05, 4.69) is 19.9 Å². The number of nitrogens with two attached hydrogens (primary N) is 2. The van der Waals surface area contributed by atoms with Gasteiger partial charge in [0.2, 0.25) is 5.95 Å². The first-order chi connectivity index (χ1) is 16.7. The number of rotatable bonds is 7. The number of hydrogen-bond donors (Lipinski definition) is 8. The molecule has 10 N–H and O–H groups in total. The van der Waals surface area contributed by atoms with Crippen molar-refractivity contribution in [1.82, 2.24) is 29.1 Å². The Labute approximate surface area is 195 Å². The van der Waals surface area contributed by atoms with Gasteiger partial charge in [-0.25, -0.2) is 9.78 Å². The molecule has 4 heterocycles. The molecule has 0 amide bonds. The van der Waals surface area contributed by atoms with E-state index in [1.165, 1.54) is 23.2 Å².